The predicted molar refractivity (Wildman–Crippen MR) is 308 cm³/mol. The van der Waals surface area contributed by atoms with Crippen molar-refractivity contribution in [2.75, 3.05) is 26.2 Å². The van der Waals surface area contributed by atoms with Crippen molar-refractivity contribution in [1.29, 1.82) is 0 Å². The zero-order valence-corrected chi connectivity index (χ0v) is 48.6. The van der Waals surface area contributed by atoms with E-state index in [2.05, 4.69) is 33.5 Å². The Morgan fingerprint density at radius 3 is 1.72 bits per heavy atom. The van der Waals surface area contributed by atoms with E-state index in [1.54, 1.807) is 12.1 Å². The average molecular weight is 1220 g/mol. The van der Waals surface area contributed by atoms with E-state index in [1.807, 2.05) is 48.5 Å². The standard InChI is InChI=1S/C59H76N7O19P/c1-5-6-7-24-85-41-20-16-36(17-21-41)34-10-8-33(9-11-34)35-12-14-38(15-13-35)52(74)60-27-39-25-44(70)55(77)64-57(79)48-49(71)30(2)28-66(48)59(81)46(32(4)68)62-56(78)47(51(73)50(72)37-18-22-42(23-19-37)86(82,83)84)63-54(76)43-26-40(69)29-65(43)58(80)45(31(3)67)61-53(39)75/h8-23,30-32,39-40,43-51,55,67-73,77H,5-7,24-29H2,1-4H3,(H,60,74)(H,61,75)(H,62,78)(H,63,76)(H,64,79)(H2,82,83,84). The number of rotatable bonds is 16. The second-order valence-electron chi connectivity index (χ2n) is 22.2. The highest BCUT2D eigenvalue weighted by atomic mass is 31.2. The molecule has 15 atom stereocenters. The number of hydrogen-bond acceptors (Lipinski definition) is 17. The Morgan fingerprint density at radius 1 is 0.651 bits per heavy atom. The predicted octanol–water partition coefficient (Wildman–Crippen LogP) is -1.58. The van der Waals surface area contributed by atoms with Crippen LogP contribution in [0.25, 0.3) is 22.3 Å². The fourth-order valence-electron chi connectivity index (χ4n) is 10.6. The summed E-state index contributed by atoms with van der Waals surface area (Å²) in [4.78, 5) is 121. The highest BCUT2D eigenvalue weighted by Gasteiger charge is 2.50. The summed E-state index contributed by atoms with van der Waals surface area (Å²) < 4.78 is 17.7. The van der Waals surface area contributed by atoms with E-state index in [9.17, 15) is 88.8 Å². The lowest BCUT2D eigenvalue weighted by molar-refractivity contribution is -0.148. The molecule has 7 rings (SSSR count). The van der Waals surface area contributed by atoms with Gasteiger partial charge in [-0.3, -0.25) is 38.1 Å². The first-order valence-corrected chi connectivity index (χ1v) is 29.9. The van der Waals surface area contributed by atoms with Gasteiger partial charge in [-0.25, -0.2) is 0 Å². The van der Waals surface area contributed by atoms with Crippen LogP contribution in [-0.2, 0) is 33.3 Å². The van der Waals surface area contributed by atoms with Gasteiger partial charge in [0.05, 0.1) is 48.3 Å². The van der Waals surface area contributed by atoms with Gasteiger partial charge in [0.1, 0.15) is 48.2 Å². The van der Waals surface area contributed by atoms with Gasteiger partial charge in [0.25, 0.3) is 5.91 Å². The van der Waals surface area contributed by atoms with Gasteiger partial charge < -0.3 is 91.8 Å². The smallest absolute Gasteiger partial charge is 0.356 e. The molecule has 27 heteroatoms. The maximum Gasteiger partial charge on any atom is 0.356 e. The first-order chi connectivity index (χ1) is 40.7. The van der Waals surface area contributed by atoms with Crippen molar-refractivity contribution in [2.24, 2.45) is 11.8 Å². The summed E-state index contributed by atoms with van der Waals surface area (Å²) in [6.45, 7) is 4.76. The molecule has 0 radical (unpaired) electrons. The molecule has 3 heterocycles. The SMILES string of the molecule is CCCCCOc1ccc(-c2ccc(-c3ccc(C(=O)NCC4CC(O)C(O)NC(=O)C5C(O)C(C)CN5C(=O)C(C(C)O)NC(=O)C(C(O)C(O)c5ccc(P(=O)(O)O)cc5)NC(=O)C5CC(O)CN5C(=O)C(C(C)O)NC4=O)cc3)cc2)cc1. The third-order valence-electron chi connectivity index (χ3n) is 15.7. The Labute approximate surface area is 495 Å². The molecule has 3 fully saturated rings. The number of aliphatic hydroxyl groups is 8. The first-order valence-electron chi connectivity index (χ1n) is 28.3. The topological polar surface area (TPSA) is 415 Å². The first kappa shape index (κ1) is 66.3. The van der Waals surface area contributed by atoms with Crippen molar-refractivity contribution < 1.29 is 93.5 Å². The summed E-state index contributed by atoms with van der Waals surface area (Å²) in [5.74, 6) is -9.94. The van der Waals surface area contributed by atoms with Crippen LogP contribution in [0.15, 0.2) is 97.1 Å². The third-order valence-corrected chi connectivity index (χ3v) is 16.7. The third kappa shape index (κ3) is 16.1. The number of unbranched alkanes of at least 4 members (excludes halogenated alkanes) is 2. The average Bonchev–Trinajstić information content (AvgIpc) is 1.84. The molecule has 3 aliphatic rings. The minimum atomic E-state index is -4.81. The molecule has 3 saturated heterocycles. The molecule has 0 bridgehead atoms. The van der Waals surface area contributed by atoms with Crippen molar-refractivity contribution in [3.05, 3.63) is 108 Å². The van der Waals surface area contributed by atoms with Gasteiger partial charge in [-0.15, -0.1) is 0 Å². The van der Waals surface area contributed by atoms with Gasteiger partial charge in [0.15, 0.2) is 6.23 Å². The van der Waals surface area contributed by atoms with Gasteiger partial charge in [0.2, 0.25) is 35.4 Å². The molecule has 26 nitrogen and oxygen atoms in total. The highest BCUT2D eigenvalue weighted by Crippen LogP contribution is 2.34. The minimum absolute atomic E-state index is 0.131. The van der Waals surface area contributed by atoms with Crippen molar-refractivity contribution in [3.8, 4) is 28.0 Å². The summed E-state index contributed by atoms with van der Waals surface area (Å²) in [6.07, 6.45) is -13.8. The quantitative estimate of drug-likeness (QED) is 0.0445. The van der Waals surface area contributed by atoms with Gasteiger partial charge in [-0.2, -0.15) is 0 Å². The normalized spacial score (nSPS) is 27.0. The van der Waals surface area contributed by atoms with Crippen LogP contribution in [-0.4, -0.2) is 201 Å². The van der Waals surface area contributed by atoms with E-state index in [4.69, 9.17) is 4.74 Å². The molecule has 15 unspecified atom stereocenters. The fourth-order valence-corrected chi connectivity index (χ4v) is 11.1. The number of nitrogens with one attached hydrogen (secondary N) is 5. The lowest BCUT2D eigenvalue weighted by Gasteiger charge is -2.34. The number of aliphatic hydroxyl groups excluding tert-OH is 8. The molecule has 86 heavy (non-hydrogen) atoms. The summed E-state index contributed by atoms with van der Waals surface area (Å²) in [7, 11) is -4.81. The molecule has 3 aliphatic heterocycles. The molecule has 0 aliphatic carbocycles. The number of fused-ring (bicyclic) bond motifs is 2. The molecule has 466 valence electrons. The lowest BCUT2D eigenvalue weighted by Crippen LogP contribution is -2.64. The number of hydrogen-bond donors (Lipinski definition) is 15. The molecular weight excluding hydrogens is 1140 g/mol. The zero-order valence-electron chi connectivity index (χ0n) is 47.7. The molecule has 0 spiro atoms. The number of carbonyl (C=O) groups is 7. The molecule has 7 amide bonds. The molecular formula is C59H76N7O19P. The van der Waals surface area contributed by atoms with Crippen molar-refractivity contribution in [2.45, 2.75) is 139 Å². The molecule has 15 N–H and O–H groups in total. The van der Waals surface area contributed by atoms with Crippen molar-refractivity contribution >= 4 is 54.3 Å². The second-order valence-corrected chi connectivity index (χ2v) is 23.8. The molecule has 0 aromatic heterocycles. The Bertz CT molecular complexity index is 3080. The number of amides is 7. The van der Waals surface area contributed by atoms with E-state index in [0.717, 1.165) is 95.2 Å². The highest BCUT2D eigenvalue weighted by molar-refractivity contribution is 7.60. The van der Waals surface area contributed by atoms with E-state index in [0.29, 0.717) is 6.61 Å². The van der Waals surface area contributed by atoms with E-state index < -0.39 is 178 Å². The van der Waals surface area contributed by atoms with Gasteiger partial charge >= 0.3 is 7.60 Å². The summed E-state index contributed by atoms with van der Waals surface area (Å²) in [5.41, 5.74) is 3.42. The molecule has 4 aromatic rings. The van der Waals surface area contributed by atoms with Crippen LogP contribution in [0, 0.1) is 11.8 Å². The number of benzene rings is 4. The van der Waals surface area contributed by atoms with Crippen molar-refractivity contribution in [1.82, 2.24) is 36.4 Å². The van der Waals surface area contributed by atoms with E-state index in [-0.39, 0.29) is 11.1 Å². The van der Waals surface area contributed by atoms with Crippen LogP contribution >= 0.6 is 7.60 Å². The van der Waals surface area contributed by atoms with Crippen LogP contribution in [0.5, 0.6) is 5.75 Å². The number of nitrogens with zero attached hydrogens (tertiary/aromatic N) is 2. The number of carbonyl (C=O) groups excluding carboxylic acids is 7. The van der Waals surface area contributed by atoms with Crippen molar-refractivity contribution in [3.63, 3.8) is 0 Å². The molecule has 4 aromatic carbocycles. The Hall–Kier alpha value is -7.20. The maximum absolute atomic E-state index is 14.5. The van der Waals surface area contributed by atoms with Crippen LogP contribution in [0.4, 0.5) is 0 Å². The largest absolute Gasteiger partial charge is 0.494 e. The fraction of sp³-hybridized carbons (Fsp3) is 0.475. The van der Waals surface area contributed by atoms with Crippen LogP contribution < -0.4 is 36.6 Å². The zero-order chi connectivity index (χ0) is 62.9. The second kappa shape index (κ2) is 29.0. The summed E-state index contributed by atoms with van der Waals surface area (Å²) >= 11 is 0. The Balaban J connectivity index is 1.15. The van der Waals surface area contributed by atoms with Gasteiger partial charge in [0, 0.05) is 37.5 Å². The van der Waals surface area contributed by atoms with E-state index in [1.165, 1.54) is 19.1 Å². The number of ether oxygens (including phenoxy) is 1. The summed E-state index contributed by atoms with van der Waals surface area (Å²) in [6, 6.07) is 15.9. The van der Waals surface area contributed by atoms with Gasteiger partial charge in [-0.05, 0) is 90.9 Å². The van der Waals surface area contributed by atoms with Crippen LogP contribution in [0.2, 0.25) is 0 Å². The monoisotopic (exact) mass is 1220 g/mol. The van der Waals surface area contributed by atoms with Gasteiger partial charge in [-0.1, -0.05) is 87.4 Å². The Morgan fingerprint density at radius 2 is 1.17 bits per heavy atom. The molecule has 0 saturated carbocycles. The Kier molecular flexibility index (Phi) is 22.4. The minimum Gasteiger partial charge on any atom is -0.494 e. The summed E-state index contributed by atoms with van der Waals surface area (Å²) in [5, 5.41) is 101. The van der Waals surface area contributed by atoms with Crippen LogP contribution in [0.1, 0.15) is 81.8 Å². The lowest BCUT2D eigenvalue weighted by atomic mass is 9.97. The maximum atomic E-state index is 14.5. The van der Waals surface area contributed by atoms with E-state index >= 15 is 0 Å². The van der Waals surface area contributed by atoms with Crippen LogP contribution in [0.3, 0.4) is 0 Å².